The summed E-state index contributed by atoms with van der Waals surface area (Å²) in [7, 11) is 0. The third-order valence-corrected chi connectivity index (χ3v) is 2.92. The minimum Gasteiger partial charge on any atom is -0.392 e. The smallest absolute Gasteiger partial charge is 0.252 e. The highest BCUT2D eigenvalue weighted by Crippen LogP contribution is 2.21. The van der Waals surface area contributed by atoms with Crippen LogP contribution >= 0.6 is 11.8 Å². The Labute approximate surface area is 105 Å². The number of carbonyl (C=O) groups excluding carboxylic acids is 1. The first-order chi connectivity index (χ1) is 8.15. The molecule has 0 aromatic heterocycles. The van der Waals surface area contributed by atoms with E-state index in [1.807, 2.05) is 12.1 Å². The maximum absolute atomic E-state index is 11.8. The second-order valence-electron chi connectivity index (χ2n) is 3.50. The van der Waals surface area contributed by atoms with Gasteiger partial charge < -0.3 is 10.4 Å². The van der Waals surface area contributed by atoms with Gasteiger partial charge >= 0.3 is 0 Å². The van der Waals surface area contributed by atoms with E-state index in [0.717, 1.165) is 4.90 Å². The van der Waals surface area contributed by atoms with Gasteiger partial charge in [0.25, 0.3) is 5.91 Å². The second kappa shape index (κ2) is 6.94. The Morgan fingerprint density at radius 1 is 1.59 bits per heavy atom. The minimum absolute atomic E-state index is 0.218. The first-order valence-corrected chi connectivity index (χ1v) is 6.18. The molecule has 5 heteroatoms. The summed E-state index contributed by atoms with van der Waals surface area (Å²) in [6.45, 7) is 1.83. The van der Waals surface area contributed by atoms with Crippen molar-refractivity contribution in [3.05, 3.63) is 29.8 Å². The number of thioether (sulfide) groups is 1. The highest BCUT2D eigenvalue weighted by atomic mass is 32.2. The summed E-state index contributed by atoms with van der Waals surface area (Å²) in [5, 5.41) is 20.3. The van der Waals surface area contributed by atoms with E-state index in [-0.39, 0.29) is 12.5 Å². The molecule has 1 amide bonds. The number of nitrogens with zero attached hydrogens (tertiary/aromatic N) is 1. The number of carbonyl (C=O) groups is 1. The number of hydrogen-bond donors (Lipinski definition) is 2. The number of amides is 1. The van der Waals surface area contributed by atoms with Gasteiger partial charge in [0.2, 0.25) is 0 Å². The molecule has 1 rings (SSSR count). The number of nitrogens with one attached hydrogen (secondary N) is 1. The summed E-state index contributed by atoms with van der Waals surface area (Å²) in [6.07, 6.45) is -0.571. The fraction of sp³-hybridized carbons (Fsp3) is 0.333. The quantitative estimate of drug-likeness (QED) is 0.775. The van der Waals surface area contributed by atoms with Gasteiger partial charge in [-0.2, -0.15) is 5.26 Å². The number of aliphatic hydroxyl groups is 1. The fourth-order valence-electron chi connectivity index (χ4n) is 1.23. The SMILES string of the molecule is C[C@H](O)CNC(=O)c1ccccc1SCC#N. The van der Waals surface area contributed by atoms with Crippen molar-refractivity contribution in [1.29, 1.82) is 5.26 Å². The van der Waals surface area contributed by atoms with Crippen molar-refractivity contribution in [3.63, 3.8) is 0 Å². The first kappa shape index (κ1) is 13.6. The maximum atomic E-state index is 11.8. The standard InChI is InChI=1S/C12H14N2O2S/c1-9(15)8-14-12(16)10-4-2-3-5-11(10)17-7-6-13/h2-5,9,15H,7-8H2,1H3,(H,14,16)/t9-/m0/s1. The molecule has 0 aliphatic heterocycles. The molecule has 0 spiro atoms. The Kier molecular flexibility index (Phi) is 5.53. The number of rotatable bonds is 5. The highest BCUT2D eigenvalue weighted by Gasteiger charge is 2.11. The van der Waals surface area contributed by atoms with Gasteiger partial charge in [-0.15, -0.1) is 11.8 Å². The second-order valence-corrected chi connectivity index (χ2v) is 4.52. The van der Waals surface area contributed by atoms with E-state index in [1.165, 1.54) is 11.8 Å². The summed E-state index contributed by atoms with van der Waals surface area (Å²) in [4.78, 5) is 12.6. The molecule has 0 saturated carbocycles. The van der Waals surface area contributed by atoms with E-state index in [0.29, 0.717) is 11.3 Å². The Morgan fingerprint density at radius 3 is 2.94 bits per heavy atom. The Balaban J connectivity index is 2.75. The third-order valence-electron chi connectivity index (χ3n) is 1.98. The molecule has 0 heterocycles. The molecule has 1 aromatic rings. The maximum Gasteiger partial charge on any atom is 0.252 e. The van der Waals surface area contributed by atoms with Crippen LogP contribution in [0.2, 0.25) is 0 Å². The predicted molar refractivity (Wildman–Crippen MR) is 66.8 cm³/mol. The van der Waals surface area contributed by atoms with Crippen LogP contribution in [0.15, 0.2) is 29.2 Å². The Hall–Kier alpha value is -1.51. The molecule has 0 saturated heterocycles. The van der Waals surface area contributed by atoms with Crippen molar-refractivity contribution >= 4 is 17.7 Å². The van der Waals surface area contributed by atoms with Crippen molar-refractivity contribution < 1.29 is 9.90 Å². The number of nitriles is 1. The average Bonchev–Trinajstić information content (AvgIpc) is 2.33. The van der Waals surface area contributed by atoms with Crippen LogP contribution in [0.5, 0.6) is 0 Å². The van der Waals surface area contributed by atoms with Gasteiger partial charge in [0.05, 0.1) is 23.5 Å². The lowest BCUT2D eigenvalue weighted by Crippen LogP contribution is -2.30. The molecular weight excluding hydrogens is 236 g/mol. The van der Waals surface area contributed by atoms with Gasteiger partial charge in [-0.05, 0) is 19.1 Å². The monoisotopic (exact) mass is 250 g/mol. The molecule has 1 atom stereocenters. The number of hydrogen-bond acceptors (Lipinski definition) is 4. The molecule has 4 nitrogen and oxygen atoms in total. The molecule has 0 fully saturated rings. The van der Waals surface area contributed by atoms with Gasteiger partial charge in [0, 0.05) is 11.4 Å². The lowest BCUT2D eigenvalue weighted by atomic mass is 10.2. The van der Waals surface area contributed by atoms with E-state index in [1.54, 1.807) is 25.1 Å². The van der Waals surface area contributed by atoms with Gasteiger partial charge in [-0.25, -0.2) is 0 Å². The minimum atomic E-state index is -0.571. The molecule has 0 aliphatic carbocycles. The predicted octanol–water partition coefficient (Wildman–Crippen LogP) is 1.41. The van der Waals surface area contributed by atoms with E-state index in [9.17, 15) is 4.79 Å². The summed E-state index contributed by atoms with van der Waals surface area (Å²) < 4.78 is 0. The number of aliphatic hydroxyl groups excluding tert-OH is 1. The molecule has 1 aromatic carbocycles. The Bertz CT molecular complexity index is 427. The third kappa shape index (κ3) is 4.47. The summed E-state index contributed by atoms with van der Waals surface area (Å²) in [5.41, 5.74) is 0.536. The van der Waals surface area contributed by atoms with Crippen LogP contribution in [0.1, 0.15) is 17.3 Å². The van der Waals surface area contributed by atoms with Crippen molar-refractivity contribution in [2.75, 3.05) is 12.3 Å². The van der Waals surface area contributed by atoms with Crippen LogP contribution in [-0.2, 0) is 0 Å². The van der Waals surface area contributed by atoms with Crippen LogP contribution in [0, 0.1) is 11.3 Å². The van der Waals surface area contributed by atoms with Crippen LogP contribution in [-0.4, -0.2) is 29.4 Å². The van der Waals surface area contributed by atoms with Crippen LogP contribution < -0.4 is 5.32 Å². The lowest BCUT2D eigenvalue weighted by Gasteiger charge is -2.09. The normalized spacial score (nSPS) is 11.6. The summed E-state index contributed by atoms with van der Waals surface area (Å²) >= 11 is 1.33. The zero-order valence-electron chi connectivity index (χ0n) is 9.51. The number of benzene rings is 1. The molecule has 0 radical (unpaired) electrons. The zero-order chi connectivity index (χ0) is 12.7. The first-order valence-electron chi connectivity index (χ1n) is 5.20. The lowest BCUT2D eigenvalue weighted by molar-refractivity contribution is 0.0921. The zero-order valence-corrected chi connectivity index (χ0v) is 10.3. The van der Waals surface area contributed by atoms with Crippen molar-refractivity contribution in [2.24, 2.45) is 0 Å². The molecule has 90 valence electrons. The van der Waals surface area contributed by atoms with Gasteiger partial charge in [0.1, 0.15) is 0 Å². The van der Waals surface area contributed by atoms with E-state index in [2.05, 4.69) is 5.32 Å². The van der Waals surface area contributed by atoms with Gasteiger partial charge in [-0.3, -0.25) is 4.79 Å². The fourth-order valence-corrected chi connectivity index (χ4v) is 1.94. The molecule has 2 N–H and O–H groups in total. The van der Waals surface area contributed by atoms with Crippen molar-refractivity contribution in [2.45, 2.75) is 17.9 Å². The molecule has 0 unspecified atom stereocenters. The van der Waals surface area contributed by atoms with Gasteiger partial charge in [-0.1, -0.05) is 12.1 Å². The van der Waals surface area contributed by atoms with Crippen LogP contribution in [0.3, 0.4) is 0 Å². The van der Waals surface area contributed by atoms with E-state index in [4.69, 9.17) is 10.4 Å². The highest BCUT2D eigenvalue weighted by molar-refractivity contribution is 7.99. The van der Waals surface area contributed by atoms with Crippen molar-refractivity contribution in [1.82, 2.24) is 5.32 Å². The van der Waals surface area contributed by atoms with Crippen LogP contribution in [0.25, 0.3) is 0 Å². The molecule has 0 aliphatic rings. The van der Waals surface area contributed by atoms with Crippen molar-refractivity contribution in [3.8, 4) is 6.07 Å². The summed E-state index contributed by atoms with van der Waals surface area (Å²) in [6, 6.07) is 9.13. The van der Waals surface area contributed by atoms with Gasteiger partial charge in [0.15, 0.2) is 0 Å². The summed E-state index contributed by atoms with van der Waals surface area (Å²) in [5.74, 6) is 0.0766. The topological polar surface area (TPSA) is 73.1 Å². The van der Waals surface area contributed by atoms with E-state index < -0.39 is 6.10 Å². The van der Waals surface area contributed by atoms with E-state index >= 15 is 0 Å². The molecule has 17 heavy (non-hydrogen) atoms. The molecule has 0 bridgehead atoms. The Morgan fingerprint density at radius 2 is 2.29 bits per heavy atom. The molecular formula is C12H14N2O2S. The average molecular weight is 250 g/mol. The van der Waals surface area contributed by atoms with Crippen LogP contribution in [0.4, 0.5) is 0 Å². The largest absolute Gasteiger partial charge is 0.392 e.